The van der Waals surface area contributed by atoms with Gasteiger partial charge in [0, 0.05) is 18.0 Å². The summed E-state index contributed by atoms with van der Waals surface area (Å²) in [6, 6.07) is 9.13. The van der Waals surface area contributed by atoms with Gasteiger partial charge in [-0.15, -0.1) is 0 Å². The van der Waals surface area contributed by atoms with Crippen LogP contribution in [0.3, 0.4) is 0 Å². The van der Waals surface area contributed by atoms with Crippen molar-refractivity contribution in [3.8, 4) is 17.3 Å². The van der Waals surface area contributed by atoms with Crippen molar-refractivity contribution in [3.63, 3.8) is 0 Å². The average molecular weight is 211 g/mol. The Balaban J connectivity index is 2.47. The molecule has 5 nitrogen and oxygen atoms in total. The highest BCUT2D eigenvalue weighted by Gasteiger charge is 2.05. The summed E-state index contributed by atoms with van der Waals surface area (Å²) in [5.41, 5.74) is 4.61. The molecular formula is C11H9N5. The Morgan fingerprint density at radius 1 is 1.12 bits per heavy atom. The molecule has 78 valence electrons. The summed E-state index contributed by atoms with van der Waals surface area (Å²) in [5.74, 6) is 5.85. The van der Waals surface area contributed by atoms with Gasteiger partial charge in [0.2, 0.25) is 0 Å². The summed E-state index contributed by atoms with van der Waals surface area (Å²) < 4.78 is 0. The number of nitriles is 1. The maximum Gasteiger partial charge on any atom is 0.166 e. The number of nitrogens with one attached hydrogen (secondary N) is 1. The molecule has 0 radical (unpaired) electrons. The third-order valence-corrected chi connectivity index (χ3v) is 2.12. The average Bonchev–Trinajstić information content (AvgIpc) is 2.39. The molecule has 0 aliphatic carbocycles. The number of nitrogen functional groups attached to an aromatic ring is 1. The number of nitrogens with zero attached hydrogens (tertiary/aromatic N) is 3. The molecule has 1 aromatic carbocycles. The molecule has 0 aliphatic heterocycles. The second-order valence-electron chi connectivity index (χ2n) is 3.09. The highest BCUT2D eigenvalue weighted by Crippen LogP contribution is 2.22. The Bertz CT molecular complexity index is 527. The molecule has 5 heteroatoms. The lowest BCUT2D eigenvalue weighted by Gasteiger charge is -2.05. The van der Waals surface area contributed by atoms with Crippen LogP contribution in [-0.2, 0) is 0 Å². The Kier molecular flexibility index (Phi) is 2.76. The van der Waals surface area contributed by atoms with Crippen molar-refractivity contribution in [1.29, 1.82) is 5.26 Å². The summed E-state index contributed by atoms with van der Waals surface area (Å²) in [7, 11) is 0. The van der Waals surface area contributed by atoms with Crippen molar-refractivity contribution in [1.82, 2.24) is 9.97 Å². The lowest BCUT2D eigenvalue weighted by atomic mass is 10.1. The Morgan fingerprint density at radius 3 is 2.44 bits per heavy atom. The van der Waals surface area contributed by atoms with Crippen molar-refractivity contribution < 1.29 is 0 Å². The number of nitrogens with two attached hydrogens (primary N) is 1. The molecule has 0 saturated heterocycles. The lowest BCUT2D eigenvalue weighted by molar-refractivity contribution is 1.16. The first-order valence-electron chi connectivity index (χ1n) is 4.63. The second-order valence-corrected chi connectivity index (χ2v) is 3.09. The Labute approximate surface area is 92.5 Å². The standard InChI is InChI=1S/C11H9N5/c12-7-8-1-3-9(4-2-8)10-11(16-13)15-6-5-14-10/h1-6H,13H2,(H,15,16). The molecule has 0 bridgehead atoms. The first-order chi connectivity index (χ1) is 7.85. The number of hydrogen-bond acceptors (Lipinski definition) is 5. The predicted molar refractivity (Wildman–Crippen MR) is 60.0 cm³/mol. The minimum atomic E-state index is 0.507. The fourth-order valence-electron chi connectivity index (χ4n) is 1.36. The summed E-state index contributed by atoms with van der Waals surface area (Å²) >= 11 is 0. The molecule has 1 heterocycles. The van der Waals surface area contributed by atoms with E-state index in [-0.39, 0.29) is 0 Å². The van der Waals surface area contributed by atoms with Crippen LogP contribution in [0.1, 0.15) is 5.56 Å². The van der Waals surface area contributed by atoms with Gasteiger partial charge < -0.3 is 5.43 Å². The SMILES string of the molecule is N#Cc1ccc(-c2nccnc2NN)cc1. The van der Waals surface area contributed by atoms with Crippen LogP contribution in [0.4, 0.5) is 5.82 Å². The predicted octanol–water partition coefficient (Wildman–Crippen LogP) is 1.30. The van der Waals surface area contributed by atoms with E-state index in [1.54, 1.807) is 24.5 Å². The summed E-state index contributed by atoms with van der Waals surface area (Å²) in [5, 5.41) is 8.69. The van der Waals surface area contributed by atoms with Crippen LogP contribution >= 0.6 is 0 Å². The summed E-state index contributed by atoms with van der Waals surface area (Å²) in [4.78, 5) is 8.24. The molecule has 0 atom stereocenters. The van der Waals surface area contributed by atoms with Gasteiger partial charge in [-0.05, 0) is 12.1 Å². The largest absolute Gasteiger partial charge is 0.307 e. The van der Waals surface area contributed by atoms with Gasteiger partial charge in [0.1, 0.15) is 5.69 Å². The number of rotatable bonds is 2. The molecule has 0 fully saturated rings. The van der Waals surface area contributed by atoms with E-state index in [0.717, 1.165) is 5.56 Å². The number of anilines is 1. The zero-order chi connectivity index (χ0) is 11.4. The molecule has 0 saturated carbocycles. The van der Waals surface area contributed by atoms with Crippen LogP contribution in [0.5, 0.6) is 0 Å². The van der Waals surface area contributed by atoms with E-state index in [1.807, 2.05) is 12.1 Å². The fraction of sp³-hybridized carbons (Fsp3) is 0. The van der Waals surface area contributed by atoms with Crippen LogP contribution < -0.4 is 11.3 Å². The van der Waals surface area contributed by atoms with E-state index >= 15 is 0 Å². The first kappa shape index (κ1) is 10.1. The zero-order valence-corrected chi connectivity index (χ0v) is 8.38. The molecular weight excluding hydrogens is 202 g/mol. The topological polar surface area (TPSA) is 87.6 Å². The van der Waals surface area contributed by atoms with Crippen LogP contribution in [0.15, 0.2) is 36.7 Å². The van der Waals surface area contributed by atoms with Gasteiger partial charge in [0.25, 0.3) is 0 Å². The van der Waals surface area contributed by atoms with Crippen molar-refractivity contribution in [2.45, 2.75) is 0 Å². The molecule has 0 unspecified atom stereocenters. The normalized spacial score (nSPS) is 9.50. The van der Waals surface area contributed by atoms with Gasteiger partial charge in [0.05, 0.1) is 11.6 Å². The quantitative estimate of drug-likeness (QED) is 0.577. The number of hydrazine groups is 1. The van der Waals surface area contributed by atoms with Gasteiger partial charge >= 0.3 is 0 Å². The monoisotopic (exact) mass is 211 g/mol. The number of aromatic nitrogens is 2. The maximum absolute atomic E-state index is 8.69. The molecule has 3 N–H and O–H groups in total. The minimum Gasteiger partial charge on any atom is -0.307 e. The van der Waals surface area contributed by atoms with Crippen molar-refractivity contribution >= 4 is 5.82 Å². The van der Waals surface area contributed by atoms with E-state index in [0.29, 0.717) is 17.1 Å². The molecule has 2 aromatic rings. The number of benzene rings is 1. The summed E-state index contributed by atoms with van der Waals surface area (Å²) in [6.45, 7) is 0. The van der Waals surface area contributed by atoms with Crippen LogP contribution in [0.25, 0.3) is 11.3 Å². The van der Waals surface area contributed by atoms with Crippen molar-refractivity contribution in [2.24, 2.45) is 5.84 Å². The maximum atomic E-state index is 8.69. The molecule has 0 spiro atoms. The van der Waals surface area contributed by atoms with Crippen molar-refractivity contribution in [2.75, 3.05) is 5.43 Å². The molecule has 2 rings (SSSR count). The highest BCUT2D eigenvalue weighted by atomic mass is 15.3. The minimum absolute atomic E-state index is 0.507. The number of hydrogen-bond donors (Lipinski definition) is 2. The lowest BCUT2D eigenvalue weighted by Crippen LogP contribution is -2.10. The summed E-state index contributed by atoms with van der Waals surface area (Å²) in [6.07, 6.45) is 3.15. The Hall–Kier alpha value is -2.45. The van der Waals surface area contributed by atoms with Gasteiger partial charge in [-0.1, -0.05) is 12.1 Å². The molecule has 0 aliphatic rings. The second kappa shape index (κ2) is 4.38. The van der Waals surface area contributed by atoms with Crippen LogP contribution in [-0.4, -0.2) is 9.97 Å². The van der Waals surface area contributed by atoms with E-state index < -0.39 is 0 Å². The van der Waals surface area contributed by atoms with Gasteiger partial charge in [0.15, 0.2) is 5.82 Å². The highest BCUT2D eigenvalue weighted by molar-refractivity contribution is 5.71. The Morgan fingerprint density at radius 2 is 1.81 bits per heavy atom. The molecule has 0 amide bonds. The van der Waals surface area contributed by atoms with E-state index in [2.05, 4.69) is 21.5 Å². The fourth-order valence-corrected chi connectivity index (χ4v) is 1.36. The van der Waals surface area contributed by atoms with Crippen LogP contribution in [0.2, 0.25) is 0 Å². The zero-order valence-electron chi connectivity index (χ0n) is 8.38. The molecule has 16 heavy (non-hydrogen) atoms. The van der Waals surface area contributed by atoms with E-state index in [1.165, 1.54) is 0 Å². The van der Waals surface area contributed by atoms with Crippen molar-refractivity contribution in [3.05, 3.63) is 42.2 Å². The first-order valence-corrected chi connectivity index (χ1v) is 4.63. The molecule has 1 aromatic heterocycles. The van der Waals surface area contributed by atoms with Crippen LogP contribution in [0, 0.1) is 11.3 Å². The third-order valence-electron chi connectivity index (χ3n) is 2.12. The third kappa shape index (κ3) is 1.82. The smallest absolute Gasteiger partial charge is 0.166 e. The van der Waals surface area contributed by atoms with E-state index in [9.17, 15) is 0 Å². The van der Waals surface area contributed by atoms with Gasteiger partial charge in [-0.3, -0.25) is 4.98 Å². The van der Waals surface area contributed by atoms with Gasteiger partial charge in [-0.2, -0.15) is 5.26 Å². The van der Waals surface area contributed by atoms with E-state index in [4.69, 9.17) is 11.1 Å². The van der Waals surface area contributed by atoms with Gasteiger partial charge in [-0.25, -0.2) is 10.8 Å².